The van der Waals surface area contributed by atoms with E-state index in [1.807, 2.05) is 43.3 Å². The third-order valence-corrected chi connectivity index (χ3v) is 4.14. The summed E-state index contributed by atoms with van der Waals surface area (Å²) in [6.07, 6.45) is 1.05. The molecule has 0 radical (unpaired) electrons. The number of anilines is 1. The maximum Gasteiger partial charge on any atom is 0.224 e. The summed E-state index contributed by atoms with van der Waals surface area (Å²) < 4.78 is 0. The van der Waals surface area contributed by atoms with Crippen molar-refractivity contribution >= 4 is 11.6 Å². The molecule has 0 saturated carbocycles. The molecule has 0 aliphatic heterocycles. The number of rotatable bonds is 8. The SMILES string of the molecule is CCC(CO)NC(=O)Cc1ccc(NCc2ccccc2C)cc1. The van der Waals surface area contributed by atoms with Crippen LogP contribution in [0.3, 0.4) is 0 Å². The molecule has 0 aliphatic rings. The van der Waals surface area contributed by atoms with E-state index >= 15 is 0 Å². The summed E-state index contributed by atoms with van der Waals surface area (Å²) >= 11 is 0. The molecular weight excluding hydrogens is 300 g/mol. The highest BCUT2D eigenvalue weighted by molar-refractivity contribution is 5.79. The molecule has 0 bridgehead atoms. The molecular formula is C20H26N2O2. The van der Waals surface area contributed by atoms with Gasteiger partial charge in [-0.15, -0.1) is 0 Å². The van der Waals surface area contributed by atoms with Gasteiger partial charge in [-0.3, -0.25) is 4.79 Å². The third kappa shape index (κ3) is 5.39. The maximum absolute atomic E-state index is 11.9. The number of hydrogen-bond donors (Lipinski definition) is 3. The fourth-order valence-corrected chi connectivity index (χ4v) is 2.49. The summed E-state index contributed by atoms with van der Waals surface area (Å²) in [5.74, 6) is -0.0588. The Balaban J connectivity index is 1.86. The van der Waals surface area contributed by atoms with Crippen LogP contribution in [0.5, 0.6) is 0 Å². The normalized spacial score (nSPS) is 11.8. The maximum atomic E-state index is 11.9. The number of amides is 1. The Kier molecular flexibility index (Phi) is 6.82. The second kappa shape index (κ2) is 9.08. The van der Waals surface area contributed by atoms with Gasteiger partial charge >= 0.3 is 0 Å². The molecule has 2 aromatic carbocycles. The largest absolute Gasteiger partial charge is 0.394 e. The van der Waals surface area contributed by atoms with Gasteiger partial charge in [-0.2, -0.15) is 0 Å². The van der Waals surface area contributed by atoms with Gasteiger partial charge in [0.2, 0.25) is 5.91 Å². The number of carbonyl (C=O) groups is 1. The number of hydrogen-bond acceptors (Lipinski definition) is 3. The van der Waals surface area contributed by atoms with Crippen LogP contribution < -0.4 is 10.6 Å². The van der Waals surface area contributed by atoms with E-state index in [9.17, 15) is 4.79 Å². The fraction of sp³-hybridized carbons (Fsp3) is 0.350. The van der Waals surface area contributed by atoms with Gasteiger partial charge in [0.15, 0.2) is 0 Å². The molecule has 4 heteroatoms. The predicted octanol–water partition coefficient (Wildman–Crippen LogP) is 3.04. The minimum Gasteiger partial charge on any atom is -0.394 e. The van der Waals surface area contributed by atoms with Gasteiger partial charge in [-0.25, -0.2) is 0 Å². The van der Waals surface area contributed by atoms with E-state index in [0.29, 0.717) is 6.42 Å². The highest BCUT2D eigenvalue weighted by atomic mass is 16.3. The topological polar surface area (TPSA) is 61.4 Å². The molecule has 0 fully saturated rings. The van der Waals surface area contributed by atoms with E-state index in [4.69, 9.17) is 5.11 Å². The summed E-state index contributed by atoms with van der Waals surface area (Å²) in [7, 11) is 0. The molecule has 4 nitrogen and oxygen atoms in total. The van der Waals surface area contributed by atoms with Gasteiger partial charge in [0.1, 0.15) is 0 Å². The van der Waals surface area contributed by atoms with Crippen molar-refractivity contribution in [3.05, 3.63) is 65.2 Å². The Hall–Kier alpha value is -2.33. The molecule has 3 N–H and O–H groups in total. The minimum atomic E-state index is -0.160. The molecule has 0 aromatic heterocycles. The van der Waals surface area contributed by atoms with Crippen LogP contribution in [0.4, 0.5) is 5.69 Å². The van der Waals surface area contributed by atoms with Gasteiger partial charge in [0.05, 0.1) is 19.1 Å². The lowest BCUT2D eigenvalue weighted by atomic mass is 10.1. The first-order chi connectivity index (χ1) is 11.6. The standard InChI is InChI=1S/C20H26N2O2/c1-3-18(14-23)22-20(24)12-16-8-10-19(11-9-16)21-13-17-7-5-4-6-15(17)2/h4-11,18,21,23H,3,12-14H2,1-2H3,(H,22,24). The minimum absolute atomic E-state index is 0.0238. The van der Waals surface area contributed by atoms with Crippen molar-refractivity contribution in [2.24, 2.45) is 0 Å². The van der Waals surface area contributed by atoms with Crippen LogP contribution in [0.25, 0.3) is 0 Å². The van der Waals surface area contributed by atoms with Gasteiger partial charge < -0.3 is 15.7 Å². The zero-order valence-electron chi connectivity index (χ0n) is 14.4. The number of carbonyl (C=O) groups excluding carboxylic acids is 1. The monoisotopic (exact) mass is 326 g/mol. The van der Waals surface area contributed by atoms with Crippen molar-refractivity contribution in [3.63, 3.8) is 0 Å². The fourth-order valence-electron chi connectivity index (χ4n) is 2.49. The number of benzene rings is 2. The van der Waals surface area contributed by atoms with Crippen molar-refractivity contribution in [1.29, 1.82) is 0 Å². The van der Waals surface area contributed by atoms with Crippen LogP contribution in [0, 0.1) is 6.92 Å². The van der Waals surface area contributed by atoms with Crippen LogP contribution in [-0.2, 0) is 17.8 Å². The number of nitrogens with one attached hydrogen (secondary N) is 2. The van der Waals surface area contributed by atoms with E-state index in [-0.39, 0.29) is 18.6 Å². The van der Waals surface area contributed by atoms with Crippen LogP contribution >= 0.6 is 0 Å². The number of aliphatic hydroxyl groups is 1. The Morgan fingerprint density at radius 2 is 1.83 bits per heavy atom. The van der Waals surface area contributed by atoms with E-state index < -0.39 is 0 Å². The molecule has 2 aromatic rings. The Bertz CT molecular complexity index is 649. The molecule has 0 spiro atoms. The summed E-state index contributed by atoms with van der Waals surface area (Å²) in [4.78, 5) is 11.9. The summed E-state index contributed by atoms with van der Waals surface area (Å²) in [5.41, 5.74) is 4.54. The third-order valence-electron chi connectivity index (χ3n) is 4.14. The van der Waals surface area contributed by atoms with Crippen LogP contribution in [0.1, 0.15) is 30.0 Å². The summed E-state index contributed by atoms with van der Waals surface area (Å²) in [6.45, 7) is 4.80. The molecule has 0 heterocycles. The Labute approximate surface area is 143 Å². The highest BCUT2D eigenvalue weighted by Gasteiger charge is 2.09. The van der Waals surface area contributed by atoms with Crippen molar-refractivity contribution in [3.8, 4) is 0 Å². The molecule has 128 valence electrons. The molecule has 0 saturated heterocycles. The average Bonchev–Trinajstić information content (AvgIpc) is 2.60. The van der Waals surface area contributed by atoms with E-state index in [2.05, 4.69) is 29.7 Å². The van der Waals surface area contributed by atoms with Gasteiger partial charge in [0, 0.05) is 12.2 Å². The second-order valence-corrected chi connectivity index (χ2v) is 6.01. The average molecular weight is 326 g/mol. The van der Waals surface area contributed by atoms with Crippen molar-refractivity contribution in [2.75, 3.05) is 11.9 Å². The zero-order chi connectivity index (χ0) is 17.4. The van der Waals surface area contributed by atoms with Gasteiger partial charge in [-0.1, -0.05) is 43.3 Å². The molecule has 1 unspecified atom stereocenters. The predicted molar refractivity (Wildman–Crippen MR) is 98.0 cm³/mol. The molecule has 24 heavy (non-hydrogen) atoms. The number of aryl methyl sites for hydroxylation is 1. The lowest BCUT2D eigenvalue weighted by Gasteiger charge is -2.14. The molecule has 1 atom stereocenters. The first-order valence-corrected chi connectivity index (χ1v) is 8.40. The Morgan fingerprint density at radius 1 is 1.12 bits per heavy atom. The summed E-state index contributed by atoms with van der Waals surface area (Å²) in [6, 6.07) is 16.0. The van der Waals surface area contributed by atoms with Crippen LogP contribution in [0.2, 0.25) is 0 Å². The van der Waals surface area contributed by atoms with Crippen molar-refractivity contribution in [1.82, 2.24) is 5.32 Å². The Morgan fingerprint density at radius 3 is 2.46 bits per heavy atom. The quantitative estimate of drug-likeness (QED) is 0.699. The highest BCUT2D eigenvalue weighted by Crippen LogP contribution is 2.13. The van der Waals surface area contributed by atoms with Gasteiger partial charge in [0.25, 0.3) is 0 Å². The van der Waals surface area contributed by atoms with E-state index in [1.165, 1.54) is 11.1 Å². The smallest absolute Gasteiger partial charge is 0.224 e. The van der Waals surface area contributed by atoms with Crippen molar-refractivity contribution in [2.45, 2.75) is 39.3 Å². The number of aliphatic hydroxyl groups excluding tert-OH is 1. The lowest BCUT2D eigenvalue weighted by molar-refractivity contribution is -0.121. The lowest BCUT2D eigenvalue weighted by Crippen LogP contribution is -2.37. The first-order valence-electron chi connectivity index (χ1n) is 8.40. The van der Waals surface area contributed by atoms with Gasteiger partial charge in [-0.05, 0) is 42.2 Å². The molecule has 0 aliphatic carbocycles. The molecule has 1 amide bonds. The van der Waals surface area contributed by atoms with Crippen molar-refractivity contribution < 1.29 is 9.90 Å². The zero-order valence-corrected chi connectivity index (χ0v) is 14.4. The van der Waals surface area contributed by atoms with E-state index in [0.717, 1.165) is 24.2 Å². The second-order valence-electron chi connectivity index (χ2n) is 6.01. The first kappa shape index (κ1) is 18.0. The van der Waals surface area contributed by atoms with E-state index in [1.54, 1.807) is 0 Å². The molecule has 2 rings (SSSR count). The summed E-state index contributed by atoms with van der Waals surface area (Å²) in [5, 5.41) is 15.4. The van der Waals surface area contributed by atoms with Crippen LogP contribution in [0.15, 0.2) is 48.5 Å². The van der Waals surface area contributed by atoms with Crippen LogP contribution in [-0.4, -0.2) is 23.7 Å².